The van der Waals surface area contributed by atoms with Gasteiger partial charge in [-0.15, -0.1) is 0 Å². The first-order valence-corrected chi connectivity index (χ1v) is 4.84. The molecule has 72 valence electrons. The van der Waals surface area contributed by atoms with Crippen LogP contribution in [0.4, 0.5) is 0 Å². The van der Waals surface area contributed by atoms with Crippen molar-refractivity contribution in [2.75, 3.05) is 0 Å². The molecule has 1 aromatic carbocycles. The highest BCUT2D eigenvalue weighted by molar-refractivity contribution is 5.84. The van der Waals surface area contributed by atoms with Crippen LogP contribution in [-0.2, 0) is 13.0 Å². The van der Waals surface area contributed by atoms with Crippen molar-refractivity contribution >= 4 is 10.9 Å². The van der Waals surface area contributed by atoms with Crippen molar-refractivity contribution in [3.8, 4) is 0 Å². The summed E-state index contributed by atoms with van der Waals surface area (Å²) in [7, 11) is 0. The Morgan fingerprint density at radius 2 is 2.14 bits per heavy atom. The molecule has 14 heavy (non-hydrogen) atoms. The molecule has 3 nitrogen and oxygen atoms in total. The number of aliphatic hydroxyl groups excluding tert-OH is 1. The molecule has 0 saturated carbocycles. The first kappa shape index (κ1) is 8.03. The molecule has 1 aromatic heterocycles. The van der Waals surface area contributed by atoms with Gasteiger partial charge in [0.15, 0.2) is 0 Å². The Balaban J connectivity index is 2.25. The van der Waals surface area contributed by atoms with Gasteiger partial charge in [-0.3, -0.25) is 5.32 Å². The standard InChI is InChI=1S/C11H12N2O/c14-11-5-8-7-3-1-2-4-9(7)13-10(8)6-12-11/h1-4,11-14H,5-6H2. The van der Waals surface area contributed by atoms with Crippen LogP contribution in [-0.4, -0.2) is 16.3 Å². The Kier molecular flexibility index (Phi) is 1.63. The van der Waals surface area contributed by atoms with Crippen molar-refractivity contribution in [2.24, 2.45) is 0 Å². The number of rotatable bonds is 0. The fourth-order valence-corrected chi connectivity index (χ4v) is 2.13. The monoisotopic (exact) mass is 188 g/mol. The largest absolute Gasteiger partial charge is 0.378 e. The summed E-state index contributed by atoms with van der Waals surface area (Å²) in [5.41, 5.74) is 3.62. The maximum absolute atomic E-state index is 9.51. The number of hydrogen-bond donors (Lipinski definition) is 3. The first-order valence-electron chi connectivity index (χ1n) is 4.84. The summed E-state index contributed by atoms with van der Waals surface area (Å²) in [6.07, 6.45) is 0.293. The SMILES string of the molecule is OC1Cc2c([nH]c3ccccc23)CN1. The second kappa shape index (κ2) is 2.83. The number of fused-ring (bicyclic) bond motifs is 3. The number of aromatic amines is 1. The van der Waals surface area contributed by atoms with Crippen molar-refractivity contribution in [1.82, 2.24) is 10.3 Å². The number of aliphatic hydroxyl groups is 1. The van der Waals surface area contributed by atoms with Gasteiger partial charge in [0.05, 0.1) is 0 Å². The number of nitrogens with one attached hydrogen (secondary N) is 2. The van der Waals surface area contributed by atoms with Crippen LogP contribution in [0, 0.1) is 0 Å². The molecule has 2 aromatic rings. The van der Waals surface area contributed by atoms with Crippen LogP contribution in [0.5, 0.6) is 0 Å². The summed E-state index contributed by atoms with van der Waals surface area (Å²) in [6.45, 7) is 0.727. The number of benzene rings is 1. The molecular weight excluding hydrogens is 176 g/mol. The predicted octanol–water partition coefficient (Wildman–Crippen LogP) is 1.13. The Morgan fingerprint density at radius 3 is 3.07 bits per heavy atom. The van der Waals surface area contributed by atoms with Gasteiger partial charge in [-0.05, 0) is 11.6 Å². The molecule has 0 bridgehead atoms. The average Bonchev–Trinajstić information content (AvgIpc) is 2.56. The van der Waals surface area contributed by atoms with Gasteiger partial charge in [0.2, 0.25) is 0 Å². The van der Waals surface area contributed by atoms with Crippen molar-refractivity contribution in [1.29, 1.82) is 0 Å². The van der Waals surface area contributed by atoms with Gasteiger partial charge in [0.1, 0.15) is 6.23 Å². The van der Waals surface area contributed by atoms with E-state index >= 15 is 0 Å². The predicted molar refractivity (Wildman–Crippen MR) is 54.8 cm³/mol. The third-order valence-corrected chi connectivity index (χ3v) is 2.81. The van der Waals surface area contributed by atoms with E-state index in [-0.39, 0.29) is 0 Å². The Morgan fingerprint density at radius 1 is 1.29 bits per heavy atom. The number of aromatic nitrogens is 1. The highest BCUT2D eigenvalue weighted by Crippen LogP contribution is 2.25. The summed E-state index contributed by atoms with van der Waals surface area (Å²) in [5.74, 6) is 0. The number of H-pyrrole nitrogens is 1. The van der Waals surface area contributed by atoms with Gasteiger partial charge in [0.25, 0.3) is 0 Å². The van der Waals surface area contributed by atoms with Gasteiger partial charge in [-0.25, -0.2) is 0 Å². The molecule has 3 N–H and O–H groups in total. The molecule has 0 fully saturated rings. The molecule has 0 aliphatic carbocycles. The number of hydrogen-bond acceptors (Lipinski definition) is 2. The van der Waals surface area contributed by atoms with E-state index in [1.54, 1.807) is 0 Å². The lowest BCUT2D eigenvalue weighted by Gasteiger charge is -2.18. The van der Waals surface area contributed by atoms with E-state index in [1.807, 2.05) is 12.1 Å². The molecule has 1 unspecified atom stereocenters. The number of para-hydroxylation sites is 1. The quantitative estimate of drug-likeness (QED) is 0.580. The molecule has 3 heteroatoms. The van der Waals surface area contributed by atoms with Gasteiger partial charge >= 0.3 is 0 Å². The van der Waals surface area contributed by atoms with E-state index in [0.29, 0.717) is 6.42 Å². The zero-order valence-corrected chi connectivity index (χ0v) is 7.75. The van der Waals surface area contributed by atoms with Gasteiger partial charge in [-0.2, -0.15) is 0 Å². The van der Waals surface area contributed by atoms with Gasteiger partial charge in [0, 0.05) is 29.6 Å². The minimum atomic E-state index is -0.401. The Hall–Kier alpha value is -1.32. The lowest BCUT2D eigenvalue weighted by molar-refractivity contribution is 0.128. The topological polar surface area (TPSA) is 48.0 Å². The van der Waals surface area contributed by atoms with E-state index in [4.69, 9.17) is 0 Å². The zero-order valence-electron chi connectivity index (χ0n) is 7.75. The minimum absolute atomic E-state index is 0.401. The molecule has 1 aliphatic rings. The van der Waals surface area contributed by atoms with Crippen LogP contribution in [0.25, 0.3) is 10.9 Å². The smallest absolute Gasteiger partial charge is 0.109 e. The maximum Gasteiger partial charge on any atom is 0.109 e. The Labute approximate surface area is 81.8 Å². The summed E-state index contributed by atoms with van der Waals surface area (Å²) >= 11 is 0. The molecule has 1 atom stereocenters. The van der Waals surface area contributed by atoms with Crippen molar-refractivity contribution in [3.05, 3.63) is 35.5 Å². The van der Waals surface area contributed by atoms with Crippen LogP contribution in [0.2, 0.25) is 0 Å². The summed E-state index contributed by atoms with van der Waals surface area (Å²) in [4.78, 5) is 3.36. The lowest BCUT2D eigenvalue weighted by Crippen LogP contribution is -2.34. The van der Waals surface area contributed by atoms with Crippen LogP contribution in [0.1, 0.15) is 11.3 Å². The summed E-state index contributed by atoms with van der Waals surface area (Å²) < 4.78 is 0. The van der Waals surface area contributed by atoms with Crippen LogP contribution in [0.3, 0.4) is 0 Å². The molecule has 0 amide bonds. The average molecular weight is 188 g/mol. The second-order valence-electron chi connectivity index (χ2n) is 3.73. The normalized spacial score (nSPS) is 21.1. The maximum atomic E-state index is 9.51. The van der Waals surface area contributed by atoms with Crippen molar-refractivity contribution in [2.45, 2.75) is 19.2 Å². The van der Waals surface area contributed by atoms with E-state index in [2.05, 4.69) is 22.4 Å². The summed E-state index contributed by atoms with van der Waals surface area (Å²) in [6, 6.07) is 8.22. The minimum Gasteiger partial charge on any atom is -0.378 e. The van der Waals surface area contributed by atoms with Crippen LogP contribution in [0.15, 0.2) is 24.3 Å². The lowest BCUT2D eigenvalue weighted by atomic mass is 10.0. The third-order valence-electron chi connectivity index (χ3n) is 2.81. The zero-order chi connectivity index (χ0) is 9.54. The van der Waals surface area contributed by atoms with Crippen molar-refractivity contribution < 1.29 is 5.11 Å². The van der Waals surface area contributed by atoms with E-state index in [9.17, 15) is 5.11 Å². The molecule has 2 heterocycles. The fourth-order valence-electron chi connectivity index (χ4n) is 2.13. The molecule has 0 saturated heterocycles. The highest BCUT2D eigenvalue weighted by Gasteiger charge is 2.19. The molecule has 1 aliphatic heterocycles. The van der Waals surface area contributed by atoms with E-state index in [0.717, 1.165) is 12.1 Å². The summed E-state index contributed by atoms with van der Waals surface area (Å²) in [5, 5.41) is 13.8. The second-order valence-corrected chi connectivity index (χ2v) is 3.73. The molecular formula is C11H12N2O. The molecule has 3 rings (SSSR count). The van der Waals surface area contributed by atoms with Gasteiger partial charge < -0.3 is 10.1 Å². The van der Waals surface area contributed by atoms with Crippen LogP contribution >= 0.6 is 0 Å². The van der Waals surface area contributed by atoms with Crippen LogP contribution < -0.4 is 5.32 Å². The Bertz CT molecular complexity index is 475. The van der Waals surface area contributed by atoms with Gasteiger partial charge in [-0.1, -0.05) is 18.2 Å². The molecule has 0 radical (unpaired) electrons. The highest BCUT2D eigenvalue weighted by atomic mass is 16.3. The first-order chi connectivity index (χ1) is 6.84. The fraction of sp³-hybridized carbons (Fsp3) is 0.273. The molecule has 0 spiro atoms. The third kappa shape index (κ3) is 1.06. The van der Waals surface area contributed by atoms with E-state index in [1.165, 1.54) is 16.6 Å². The van der Waals surface area contributed by atoms with Crippen molar-refractivity contribution in [3.63, 3.8) is 0 Å². The van der Waals surface area contributed by atoms with E-state index < -0.39 is 6.23 Å².